The minimum Gasteiger partial charge on any atom is -0.506 e. The highest BCUT2D eigenvalue weighted by Gasteiger charge is 2.33. The second-order valence-electron chi connectivity index (χ2n) is 5.64. The lowest BCUT2D eigenvalue weighted by atomic mass is 10.1. The van der Waals surface area contributed by atoms with Crippen LogP contribution < -0.4 is 0 Å². The Morgan fingerprint density at radius 3 is 2.43 bits per heavy atom. The number of halogens is 2. The molecule has 0 atom stereocenters. The van der Waals surface area contributed by atoms with Crippen molar-refractivity contribution in [2.45, 2.75) is 6.92 Å². The summed E-state index contributed by atoms with van der Waals surface area (Å²) in [6.45, 7) is 1.85. The maximum absolute atomic E-state index is 12.4. The number of para-hydroxylation sites is 1. The predicted molar refractivity (Wildman–Crippen MR) is 114 cm³/mol. The first-order valence-corrected chi connectivity index (χ1v) is 9.80. The number of nitrogens with zero attached hydrogens (tertiary/aromatic N) is 1. The number of rotatable bonds is 4. The van der Waals surface area contributed by atoms with Crippen LogP contribution in [-0.4, -0.2) is 27.8 Å². The van der Waals surface area contributed by atoms with Gasteiger partial charge in [0.05, 0.1) is 27.2 Å². The van der Waals surface area contributed by atoms with Crippen LogP contribution in [0.4, 0.5) is 5.69 Å². The van der Waals surface area contributed by atoms with E-state index in [-0.39, 0.29) is 33.7 Å². The van der Waals surface area contributed by atoms with Gasteiger partial charge in [-0.1, -0.05) is 53.2 Å². The number of carbonyl (C=O) groups excluding carboxylic acids is 1. The Balaban J connectivity index is 2.06. The second kappa shape index (κ2) is 8.73. The predicted octanol–water partition coefficient (Wildman–Crippen LogP) is 5.89. The van der Waals surface area contributed by atoms with E-state index in [9.17, 15) is 15.0 Å². The molecule has 5 nitrogen and oxygen atoms in total. The number of hydrogen-bond acceptors (Lipinski definition) is 6. The molecule has 0 fully saturated rings. The number of hydrogen-bond donors (Lipinski definition) is 2. The Hall–Kier alpha value is -2.41. The average molecular weight is 436 g/mol. The number of carbonyl (C=O) groups is 1. The lowest BCUT2D eigenvalue weighted by Crippen LogP contribution is -2.12. The summed E-state index contributed by atoms with van der Waals surface area (Å²) in [7, 11) is 0. The minimum absolute atomic E-state index is 0.00192. The summed E-state index contributed by atoms with van der Waals surface area (Å²) in [6.07, 6.45) is 1.60. The summed E-state index contributed by atoms with van der Waals surface area (Å²) in [6, 6.07) is 12.1. The highest BCUT2D eigenvalue weighted by Crippen LogP contribution is 2.41. The van der Waals surface area contributed by atoms with Crippen LogP contribution in [0.3, 0.4) is 0 Å². The van der Waals surface area contributed by atoms with Gasteiger partial charge in [-0.05, 0) is 42.8 Å². The molecule has 1 aliphatic rings. The van der Waals surface area contributed by atoms with Gasteiger partial charge in [-0.15, -0.1) is 0 Å². The highest BCUT2D eigenvalue weighted by atomic mass is 35.5. The molecular formula is C20H15Cl2NO4S. The number of phenols is 1. The molecule has 1 heterocycles. The zero-order chi connectivity index (χ0) is 20.3. The van der Waals surface area contributed by atoms with Crippen LogP contribution in [0.2, 0.25) is 10.0 Å². The zero-order valence-corrected chi connectivity index (χ0v) is 17.0. The number of ether oxygens (including phenoxy) is 1. The minimum atomic E-state index is -0.660. The molecular weight excluding hydrogens is 421 g/mol. The third-order valence-electron chi connectivity index (χ3n) is 3.69. The van der Waals surface area contributed by atoms with Gasteiger partial charge < -0.3 is 14.9 Å². The van der Waals surface area contributed by atoms with E-state index in [1.165, 1.54) is 12.1 Å². The topological polar surface area (TPSA) is 79.1 Å². The number of aliphatic imine (C=N–C) groups is 1. The largest absolute Gasteiger partial charge is 0.506 e. The van der Waals surface area contributed by atoms with E-state index >= 15 is 0 Å². The van der Waals surface area contributed by atoms with Crippen molar-refractivity contribution in [2.24, 2.45) is 4.99 Å². The Bertz CT molecular complexity index is 993. The van der Waals surface area contributed by atoms with Crippen molar-refractivity contribution in [2.75, 3.05) is 6.61 Å². The van der Waals surface area contributed by atoms with E-state index in [1.807, 2.05) is 18.2 Å². The number of aromatic hydroxyl groups is 1. The molecule has 0 bridgehead atoms. The smallest absolute Gasteiger partial charge is 0.344 e. The van der Waals surface area contributed by atoms with Crippen molar-refractivity contribution in [3.63, 3.8) is 0 Å². The van der Waals surface area contributed by atoms with Gasteiger partial charge in [0, 0.05) is 0 Å². The number of thioether (sulfide) groups is 1. The normalized spacial score (nSPS) is 16.8. The van der Waals surface area contributed by atoms with Crippen molar-refractivity contribution >= 4 is 57.7 Å². The molecule has 1 aliphatic heterocycles. The maximum atomic E-state index is 12.4. The van der Waals surface area contributed by atoms with Crippen LogP contribution in [0.5, 0.6) is 5.75 Å². The van der Waals surface area contributed by atoms with E-state index < -0.39 is 5.97 Å². The Morgan fingerprint density at radius 2 is 1.82 bits per heavy atom. The fourth-order valence-electron chi connectivity index (χ4n) is 2.43. The molecule has 2 aromatic rings. The molecule has 3 rings (SSSR count). The van der Waals surface area contributed by atoms with Crippen molar-refractivity contribution in [1.82, 2.24) is 0 Å². The Kier molecular flexibility index (Phi) is 6.34. The first kappa shape index (κ1) is 20.3. The molecule has 0 aromatic heterocycles. The first-order valence-electron chi connectivity index (χ1n) is 8.23. The van der Waals surface area contributed by atoms with E-state index in [1.54, 1.807) is 25.1 Å². The molecule has 8 heteroatoms. The second-order valence-corrected chi connectivity index (χ2v) is 7.49. The average Bonchev–Trinajstić information content (AvgIpc) is 2.95. The number of esters is 1. The summed E-state index contributed by atoms with van der Waals surface area (Å²) in [5, 5.41) is 20.8. The molecule has 0 saturated carbocycles. The first-order chi connectivity index (χ1) is 13.4. The lowest BCUT2D eigenvalue weighted by molar-refractivity contribution is -0.138. The quantitative estimate of drug-likeness (QED) is 0.584. The van der Waals surface area contributed by atoms with Gasteiger partial charge in [-0.2, -0.15) is 0 Å². The van der Waals surface area contributed by atoms with Gasteiger partial charge in [0.2, 0.25) is 0 Å². The van der Waals surface area contributed by atoms with Gasteiger partial charge in [0.1, 0.15) is 16.4 Å². The monoisotopic (exact) mass is 435 g/mol. The molecule has 2 N–H and O–H groups in total. The van der Waals surface area contributed by atoms with E-state index in [4.69, 9.17) is 27.9 Å². The maximum Gasteiger partial charge on any atom is 0.344 e. The standard InChI is InChI=1S/C20H15Cl2NO4S/c1-2-27-20(26)16-18(25)15(10-11-8-13(21)17(24)14(22)9-11)28-19(16)23-12-6-4-3-5-7-12/h3-10,24-25H,2H2,1H3. The zero-order valence-electron chi connectivity index (χ0n) is 14.6. The molecule has 2 aromatic carbocycles. The fraction of sp³-hybridized carbons (Fsp3) is 0.100. The van der Waals surface area contributed by atoms with Gasteiger partial charge in [0.15, 0.2) is 5.75 Å². The molecule has 0 spiro atoms. The van der Waals surface area contributed by atoms with E-state index in [2.05, 4.69) is 4.99 Å². The molecule has 28 heavy (non-hydrogen) atoms. The molecule has 0 amide bonds. The van der Waals surface area contributed by atoms with Gasteiger partial charge >= 0.3 is 5.97 Å². The molecule has 0 radical (unpaired) electrons. The number of benzene rings is 2. The summed E-state index contributed by atoms with van der Waals surface area (Å²) in [4.78, 5) is 17.2. The third-order valence-corrected chi connectivity index (χ3v) is 5.29. The van der Waals surface area contributed by atoms with Crippen molar-refractivity contribution < 1.29 is 19.7 Å². The van der Waals surface area contributed by atoms with Crippen LogP contribution >= 0.6 is 35.0 Å². The summed E-state index contributed by atoms with van der Waals surface area (Å²) >= 11 is 13.0. The Morgan fingerprint density at radius 1 is 1.18 bits per heavy atom. The number of aliphatic hydroxyl groups is 1. The summed E-state index contributed by atoms with van der Waals surface area (Å²) < 4.78 is 5.06. The fourth-order valence-corrected chi connectivity index (χ4v) is 3.97. The SMILES string of the molecule is CCOC(=O)C1=C(O)C(=Cc2cc(Cl)c(O)c(Cl)c2)SC1=Nc1ccccc1. The van der Waals surface area contributed by atoms with Crippen LogP contribution in [0.1, 0.15) is 12.5 Å². The number of aliphatic hydroxyl groups excluding tert-OH is 1. The van der Waals surface area contributed by atoms with Crippen LogP contribution in [-0.2, 0) is 9.53 Å². The molecule has 0 aliphatic carbocycles. The van der Waals surface area contributed by atoms with E-state index in [0.29, 0.717) is 21.2 Å². The van der Waals surface area contributed by atoms with Gasteiger partial charge in [-0.3, -0.25) is 0 Å². The van der Waals surface area contributed by atoms with Crippen molar-refractivity contribution in [1.29, 1.82) is 0 Å². The van der Waals surface area contributed by atoms with Crippen LogP contribution in [0.15, 0.2) is 63.7 Å². The molecule has 144 valence electrons. The summed E-state index contributed by atoms with van der Waals surface area (Å²) in [5.41, 5.74) is 1.18. The lowest BCUT2D eigenvalue weighted by Gasteiger charge is -2.03. The van der Waals surface area contributed by atoms with Gasteiger partial charge in [0.25, 0.3) is 0 Å². The Labute approximate surface area is 176 Å². The highest BCUT2D eigenvalue weighted by molar-refractivity contribution is 8.18. The van der Waals surface area contributed by atoms with Crippen molar-refractivity contribution in [3.05, 3.63) is 74.3 Å². The van der Waals surface area contributed by atoms with Crippen LogP contribution in [0.25, 0.3) is 6.08 Å². The van der Waals surface area contributed by atoms with Crippen molar-refractivity contribution in [3.8, 4) is 5.75 Å². The number of phenolic OH excluding ortho intramolecular Hbond substituents is 1. The molecule has 0 saturated heterocycles. The third kappa shape index (κ3) is 4.35. The summed E-state index contributed by atoms with van der Waals surface area (Å²) in [5.74, 6) is -1.12. The molecule has 0 unspecified atom stereocenters. The van der Waals surface area contributed by atoms with E-state index in [0.717, 1.165) is 11.8 Å². The van der Waals surface area contributed by atoms with Gasteiger partial charge in [-0.25, -0.2) is 9.79 Å². The van der Waals surface area contributed by atoms with Crippen LogP contribution in [0, 0.1) is 0 Å².